The van der Waals surface area contributed by atoms with E-state index in [4.69, 9.17) is 4.74 Å². The monoisotopic (exact) mass is 421 g/mol. The number of benzene rings is 1. The van der Waals surface area contributed by atoms with Crippen molar-refractivity contribution in [3.8, 4) is 0 Å². The maximum absolute atomic E-state index is 13.5. The first-order valence-electron chi connectivity index (χ1n) is 12.1. The lowest BCUT2D eigenvalue weighted by molar-refractivity contribution is -0.000445. The summed E-state index contributed by atoms with van der Waals surface area (Å²) in [7, 11) is 0. The van der Waals surface area contributed by atoms with E-state index in [0.29, 0.717) is 23.1 Å². The summed E-state index contributed by atoms with van der Waals surface area (Å²) in [6.07, 6.45) is 11.3. The van der Waals surface area contributed by atoms with Crippen molar-refractivity contribution >= 4 is 17.0 Å². The molecule has 0 spiro atoms. The fraction of sp³-hybridized carbons (Fsp3) is 0.640. The Morgan fingerprint density at radius 2 is 1.81 bits per heavy atom. The Labute approximate surface area is 182 Å². The average molecular weight is 422 g/mol. The molecule has 4 bridgehead atoms. The number of hydrogen-bond donors (Lipinski definition) is 0. The number of carbonyl (C=O) groups is 1. The Morgan fingerprint density at radius 1 is 1.10 bits per heavy atom. The zero-order valence-electron chi connectivity index (χ0n) is 18.3. The van der Waals surface area contributed by atoms with E-state index in [1.54, 1.807) is 6.92 Å². The van der Waals surface area contributed by atoms with Gasteiger partial charge in [-0.3, -0.25) is 9.69 Å². The minimum atomic E-state index is -0.616. The smallest absolute Gasteiger partial charge is 0.362 e. The van der Waals surface area contributed by atoms with Gasteiger partial charge in [0.15, 0.2) is 0 Å². The molecule has 3 heterocycles. The first-order valence-corrected chi connectivity index (χ1v) is 12.1. The molecule has 4 aliphatic rings. The minimum Gasteiger partial charge on any atom is -0.461 e. The van der Waals surface area contributed by atoms with Crippen LogP contribution in [0.3, 0.4) is 0 Å². The molecule has 4 fully saturated rings. The first-order chi connectivity index (χ1) is 15.1. The summed E-state index contributed by atoms with van der Waals surface area (Å²) in [5.41, 5.74) is 1.58. The molecular weight excluding hydrogens is 390 g/mol. The van der Waals surface area contributed by atoms with Crippen molar-refractivity contribution in [1.82, 2.24) is 14.5 Å². The van der Waals surface area contributed by atoms with Crippen LogP contribution in [0.15, 0.2) is 29.1 Å². The second kappa shape index (κ2) is 7.16. The minimum absolute atomic E-state index is 0.0802. The maximum Gasteiger partial charge on any atom is 0.362 e. The Balaban J connectivity index is 1.39. The molecule has 31 heavy (non-hydrogen) atoms. The summed E-state index contributed by atoms with van der Waals surface area (Å²) in [5, 5.41) is 0. The predicted octanol–water partition coefficient (Wildman–Crippen LogP) is 4.07. The lowest BCUT2D eigenvalue weighted by atomic mass is 9.85. The molecule has 6 heteroatoms. The summed E-state index contributed by atoms with van der Waals surface area (Å²) in [6.45, 7) is 1.99. The fourth-order valence-corrected chi connectivity index (χ4v) is 7.51. The zero-order valence-corrected chi connectivity index (χ0v) is 18.3. The van der Waals surface area contributed by atoms with Gasteiger partial charge in [0.05, 0.1) is 17.6 Å². The summed E-state index contributed by atoms with van der Waals surface area (Å²) in [4.78, 5) is 33.3. The lowest BCUT2D eigenvalue weighted by Gasteiger charge is -2.49. The largest absolute Gasteiger partial charge is 0.461 e. The number of para-hydroxylation sites is 2. The van der Waals surface area contributed by atoms with Crippen LogP contribution in [0.4, 0.5) is 0 Å². The number of fused-ring (bicyclic) bond motifs is 6. The number of rotatable bonds is 4. The number of piperidine rings is 1. The van der Waals surface area contributed by atoms with Gasteiger partial charge >= 0.3 is 5.97 Å². The number of nitrogens with zero attached hydrogens (tertiary/aromatic N) is 3. The molecule has 0 amide bonds. The van der Waals surface area contributed by atoms with E-state index in [1.165, 1.54) is 44.9 Å². The van der Waals surface area contributed by atoms with Gasteiger partial charge in [0.2, 0.25) is 5.69 Å². The molecule has 2 aliphatic carbocycles. The molecule has 6 rings (SSSR count). The topological polar surface area (TPSA) is 64.4 Å². The van der Waals surface area contributed by atoms with Crippen LogP contribution in [-0.4, -0.2) is 44.6 Å². The molecule has 1 aromatic carbocycles. The molecule has 2 aliphatic heterocycles. The second-order valence-electron chi connectivity index (χ2n) is 10.1. The molecule has 0 unspecified atom stereocenters. The molecule has 164 valence electrons. The van der Waals surface area contributed by atoms with Gasteiger partial charge in [-0.05, 0) is 82.8 Å². The molecule has 0 N–H and O–H groups in total. The molecule has 0 radical (unpaired) electrons. The van der Waals surface area contributed by atoms with Gasteiger partial charge in [-0.25, -0.2) is 9.78 Å². The van der Waals surface area contributed by atoms with E-state index < -0.39 is 5.97 Å². The van der Waals surface area contributed by atoms with Gasteiger partial charge in [-0.15, -0.1) is 0 Å². The van der Waals surface area contributed by atoms with Gasteiger partial charge in [0.1, 0.15) is 0 Å². The van der Waals surface area contributed by atoms with Gasteiger partial charge in [0.25, 0.3) is 5.56 Å². The van der Waals surface area contributed by atoms with Crippen molar-refractivity contribution in [3.63, 3.8) is 0 Å². The highest BCUT2D eigenvalue weighted by Gasteiger charge is 2.56. The van der Waals surface area contributed by atoms with Crippen molar-refractivity contribution in [1.29, 1.82) is 0 Å². The van der Waals surface area contributed by atoms with E-state index in [9.17, 15) is 9.59 Å². The van der Waals surface area contributed by atoms with Crippen molar-refractivity contribution < 1.29 is 9.53 Å². The fourth-order valence-electron chi connectivity index (χ4n) is 7.51. The quantitative estimate of drug-likeness (QED) is 0.696. The summed E-state index contributed by atoms with van der Waals surface area (Å²) in [6, 6.07) is 8.90. The molecule has 3 atom stereocenters. The van der Waals surface area contributed by atoms with Crippen molar-refractivity contribution in [3.05, 3.63) is 40.3 Å². The van der Waals surface area contributed by atoms with Crippen LogP contribution in [-0.2, 0) is 4.74 Å². The van der Waals surface area contributed by atoms with E-state index in [-0.39, 0.29) is 23.9 Å². The molecular formula is C25H31N3O3. The Kier molecular flexibility index (Phi) is 4.50. The van der Waals surface area contributed by atoms with E-state index in [2.05, 4.69) is 9.88 Å². The standard InChI is InChI=1S/C25H31N3O3/c1-2-31-24(30)22-23(29)27(21-6-4-3-5-20(21)26-22)19-13-17-7-8-18(14-19)28(17)25-11-9-16(15-25)10-12-25/h3-6,16-19H,2,7-15H2,1H3/t16?,17-,18+,19+,25?. The van der Waals surface area contributed by atoms with Crippen LogP contribution in [0, 0.1) is 5.92 Å². The Hall–Kier alpha value is -2.21. The second-order valence-corrected chi connectivity index (χ2v) is 10.1. The highest BCUT2D eigenvalue weighted by molar-refractivity contribution is 5.89. The number of hydrogen-bond acceptors (Lipinski definition) is 5. The van der Waals surface area contributed by atoms with Gasteiger partial charge < -0.3 is 9.30 Å². The highest BCUT2D eigenvalue weighted by atomic mass is 16.5. The van der Waals surface area contributed by atoms with Crippen LogP contribution in [0.2, 0.25) is 0 Å². The van der Waals surface area contributed by atoms with Gasteiger partial charge in [0, 0.05) is 23.7 Å². The normalized spacial score (nSPS) is 34.5. The van der Waals surface area contributed by atoms with Gasteiger partial charge in [-0.2, -0.15) is 0 Å². The zero-order chi connectivity index (χ0) is 21.2. The first kappa shape index (κ1) is 19.5. The predicted molar refractivity (Wildman–Crippen MR) is 118 cm³/mol. The van der Waals surface area contributed by atoms with Crippen LogP contribution >= 0.6 is 0 Å². The third-order valence-electron chi connectivity index (χ3n) is 8.59. The number of aromatic nitrogens is 2. The van der Waals surface area contributed by atoms with Crippen LogP contribution < -0.4 is 5.56 Å². The van der Waals surface area contributed by atoms with E-state index in [0.717, 1.165) is 24.3 Å². The van der Waals surface area contributed by atoms with E-state index >= 15 is 0 Å². The lowest BCUT2D eigenvalue weighted by Crippen LogP contribution is -2.56. The SMILES string of the molecule is CCOC(=O)c1nc2ccccc2n([C@H]2C[C@H]3CC[C@@H](C2)N3C23CCC(CC2)C3)c1=O. The Bertz CT molecular complexity index is 1070. The molecule has 1 aromatic heterocycles. The van der Waals surface area contributed by atoms with Gasteiger partial charge in [-0.1, -0.05) is 12.1 Å². The van der Waals surface area contributed by atoms with Crippen LogP contribution in [0.5, 0.6) is 0 Å². The number of ether oxygens (including phenoxy) is 1. The Morgan fingerprint density at radius 3 is 2.45 bits per heavy atom. The highest BCUT2D eigenvalue weighted by Crippen LogP contribution is 2.57. The molecule has 6 nitrogen and oxygen atoms in total. The summed E-state index contributed by atoms with van der Waals surface area (Å²) in [5.74, 6) is 0.324. The van der Waals surface area contributed by atoms with Crippen LogP contribution in [0.25, 0.3) is 11.0 Å². The molecule has 2 aromatic rings. The summed E-state index contributed by atoms with van der Waals surface area (Å²) < 4.78 is 7.02. The third-order valence-corrected chi connectivity index (χ3v) is 8.59. The third kappa shape index (κ3) is 2.90. The number of carbonyl (C=O) groups excluding carboxylic acids is 1. The molecule has 2 saturated carbocycles. The number of esters is 1. The van der Waals surface area contributed by atoms with Crippen LogP contribution in [0.1, 0.15) is 81.2 Å². The van der Waals surface area contributed by atoms with E-state index in [1.807, 2.05) is 28.8 Å². The summed E-state index contributed by atoms with van der Waals surface area (Å²) >= 11 is 0. The van der Waals surface area contributed by atoms with Crippen molar-refractivity contribution in [2.75, 3.05) is 6.61 Å². The average Bonchev–Trinajstić information content (AvgIpc) is 3.45. The van der Waals surface area contributed by atoms with Crippen molar-refractivity contribution in [2.24, 2.45) is 5.92 Å². The van der Waals surface area contributed by atoms with Crippen molar-refractivity contribution in [2.45, 2.75) is 88.4 Å². The molecule has 2 saturated heterocycles. The maximum atomic E-state index is 13.5.